The second kappa shape index (κ2) is 8.55. The maximum Gasteiger partial charge on any atom is 0.319 e. The molecule has 3 rings (SSSR count). The van der Waals surface area contributed by atoms with Crippen molar-refractivity contribution >= 4 is 34.1 Å². The molecule has 8 heteroatoms. The highest BCUT2D eigenvalue weighted by molar-refractivity contribution is 5.99. The Kier molecular flexibility index (Phi) is 5.92. The average molecular weight is 393 g/mol. The first-order valence-electron chi connectivity index (χ1n) is 9.28. The highest BCUT2D eigenvalue weighted by Crippen LogP contribution is 2.21. The van der Waals surface area contributed by atoms with E-state index in [1.807, 2.05) is 26.0 Å². The largest absolute Gasteiger partial charge is 0.336 e. The topological polar surface area (TPSA) is 105 Å². The van der Waals surface area contributed by atoms with Gasteiger partial charge < -0.3 is 16.0 Å². The smallest absolute Gasteiger partial charge is 0.319 e. The van der Waals surface area contributed by atoms with Crippen molar-refractivity contribution in [2.24, 2.45) is 0 Å². The summed E-state index contributed by atoms with van der Waals surface area (Å²) in [5.41, 5.74) is 1.22. The molecular weight excluding hydrogens is 370 g/mol. The van der Waals surface area contributed by atoms with Crippen LogP contribution in [0.3, 0.4) is 0 Å². The molecule has 0 aliphatic carbocycles. The van der Waals surface area contributed by atoms with E-state index < -0.39 is 5.91 Å². The molecule has 0 fully saturated rings. The molecule has 1 aromatic heterocycles. The van der Waals surface area contributed by atoms with Crippen molar-refractivity contribution in [3.8, 4) is 0 Å². The van der Waals surface area contributed by atoms with Crippen LogP contribution in [0.4, 0.5) is 16.2 Å². The quantitative estimate of drug-likeness (QED) is 0.620. The van der Waals surface area contributed by atoms with E-state index in [-0.39, 0.29) is 24.2 Å². The van der Waals surface area contributed by atoms with Gasteiger partial charge in [0.2, 0.25) is 5.91 Å². The summed E-state index contributed by atoms with van der Waals surface area (Å²) in [4.78, 5) is 37.2. The minimum absolute atomic E-state index is 0.0224. The molecule has 8 nitrogen and oxygen atoms in total. The number of para-hydroxylation sites is 2. The molecule has 0 spiro atoms. The molecule has 29 heavy (non-hydrogen) atoms. The Morgan fingerprint density at radius 2 is 1.55 bits per heavy atom. The zero-order valence-electron chi connectivity index (χ0n) is 16.5. The zero-order valence-corrected chi connectivity index (χ0v) is 16.5. The number of nitrogens with one attached hydrogen (secondary N) is 3. The first-order valence-corrected chi connectivity index (χ1v) is 9.28. The number of amides is 3. The predicted octanol–water partition coefficient (Wildman–Crippen LogP) is 2.87. The van der Waals surface area contributed by atoms with Crippen LogP contribution in [-0.4, -0.2) is 27.8 Å². The SMILES string of the molecule is Cc1nn(CC(=O)Nc2ccccc2NC(=O)NC(C)C)c(=O)c2ccccc12. The van der Waals surface area contributed by atoms with E-state index in [1.54, 1.807) is 43.3 Å². The third-order valence-electron chi connectivity index (χ3n) is 4.21. The van der Waals surface area contributed by atoms with Gasteiger partial charge in [-0.2, -0.15) is 5.10 Å². The van der Waals surface area contributed by atoms with Gasteiger partial charge in [-0.1, -0.05) is 30.3 Å². The number of carbonyl (C=O) groups excluding carboxylic acids is 2. The van der Waals surface area contributed by atoms with Gasteiger partial charge in [0, 0.05) is 11.4 Å². The van der Waals surface area contributed by atoms with Crippen molar-refractivity contribution in [3.05, 3.63) is 64.6 Å². The summed E-state index contributed by atoms with van der Waals surface area (Å²) in [5.74, 6) is -0.423. The summed E-state index contributed by atoms with van der Waals surface area (Å²) in [7, 11) is 0. The number of rotatable bonds is 5. The molecule has 0 bridgehead atoms. The molecule has 2 aromatic carbocycles. The van der Waals surface area contributed by atoms with E-state index >= 15 is 0 Å². The second-order valence-corrected chi connectivity index (χ2v) is 6.94. The normalized spacial score (nSPS) is 10.8. The van der Waals surface area contributed by atoms with Crippen molar-refractivity contribution in [2.45, 2.75) is 33.4 Å². The second-order valence-electron chi connectivity index (χ2n) is 6.94. The lowest BCUT2D eigenvalue weighted by atomic mass is 10.1. The Hall–Kier alpha value is -3.68. The number of aryl methyl sites for hydroxylation is 1. The number of hydrogen-bond acceptors (Lipinski definition) is 4. The maximum atomic E-state index is 12.6. The third-order valence-corrected chi connectivity index (χ3v) is 4.21. The monoisotopic (exact) mass is 393 g/mol. The van der Waals surface area contributed by atoms with E-state index in [4.69, 9.17) is 0 Å². The van der Waals surface area contributed by atoms with Gasteiger partial charge in [-0.3, -0.25) is 9.59 Å². The van der Waals surface area contributed by atoms with Crippen molar-refractivity contribution in [1.82, 2.24) is 15.1 Å². The zero-order chi connectivity index (χ0) is 21.0. The number of carbonyl (C=O) groups is 2. The molecule has 150 valence electrons. The Bertz CT molecular complexity index is 1120. The lowest BCUT2D eigenvalue weighted by Crippen LogP contribution is -2.34. The molecular formula is C21H23N5O3. The van der Waals surface area contributed by atoms with Crippen molar-refractivity contribution < 1.29 is 9.59 Å². The Balaban J connectivity index is 1.79. The summed E-state index contributed by atoms with van der Waals surface area (Å²) in [6.45, 7) is 5.26. The standard InChI is InChI=1S/C21H23N5O3/c1-13(2)22-21(29)24-18-11-7-6-10-17(18)23-19(27)12-26-20(28)16-9-5-4-8-15(16)14(3)25-26/h4-11,13H,12H2,1-3H3,(H,23,27)(H2,22,24,29). The van der Waals surface area contributed by atoms with Gasteiger partial charge in [-0.15, -0.1) is 0 Å². The highest BCUT2D eigenvalue weighted by atomic mass is 16.2. The molecule has 0 atom stereocenters. The lowest BCUT2D eigenvalue weighted by molar-refractivity contribution is -0.117. The van der Waals surface area contributed by atoms with Crippen LogP contribution >= 0.6 is 0 Å². The van der Waals surface area contributed by atoms with Crippen LogP contribution < -0.4 is 21.5 Å². The summed E-state index contributed by atoms with van der Waals surface area (Å²) >= 11 is 0. The predicted molar refractivity (Wildman–Crippen MR) is 113 cm³/mol. The molecule has 0 aliphatic rings. The number of benzene rings is 2. The number of anilines is 2. The number of nitrogens with zero attached hydrogens (tertiary/aromatic N) is 2. The third kappa shape index (κ3) is 4.78. The Morgan fingerprint density at radius 1 is 0.966 bits per heavy atom. The fraction of sp³-hybridized carbons (Fsp3) is 0.238. The van der Waals surface area contributed by atoms with E-state index in [9.17, 15) is 14.4 Å². The molecule has 0 radical (unpaired) electrons. The minimum Gasteiger partial charge on any atom is -0.336 e. The van der Waals surface area contributed by atoms with Crippen LogP contribution in [0, 0.1) is 6.92 Å². The maximum absolute atomic E-state index is 12.6. The fourth-order valence-corrected chi connectivity index (χ4v) is 2.96. The summed E-state index contributed by atoms with van der Waals surface area (Å²) in [6, 6.07) is 13.6. The molecule has 3 amide bonds. The molecule has 3 N–H and O–H groups in total. The molecule has 0 saturated carbocycles. The molecule has 0 saturated heterocycles. The molecule has 1 heterocycles. The fourth-order valence-electron chi connectivity index (χ4n) is 2.96. The minimum atomic E-state index is -0.423. The van der Waals surface area contributed by atoms with Gasteiger partial charge >= 0.3 is 6.03 Å². The molecule has 0 aliphatic heterocycles. The van der Waals surface area contributed by atoms with Crippen molar-refractivity contribution in [2.75, 3.05) is 10.6 Å². The van der Waals surface area contributed by atoms with Crippen LogP contribution in [0.25, 0.3) is 10.8 Å². The first-order chi connectivity index (χ1) is 13.8. The van der Waals surface area contributed by atoms with Gasteiger partial charge in [0.25, 0.3) is 5.56 Å². The van der Waals surface area contributed by atoms with Crippen molar-refractivity contribution in [1.29, 1.82) is 0 Å². The Labute approximate surface area is 167 Å². The van der Waals surface area contributed by atoms with Gasteiger partial charge in [-0.05, 0) is 39.0 Å². The van der Waals surface area contributed by atoms with E-state index in [2.05, 4.69) is 21.0 Å². The summed E-state index contributed by atoms with van der Waals surface area (Å²) < 4.78 is 1.15. The average Bonchev–Trinajstić information content (AvgIpc) is 2.67. The Morgan fingerprint density at radius 3 is 2.21 bits per heavy atom. The van der Waals surface area contributed by atoms with Crippen LogP contribution in [0.15, 0.2) is 53.3 Å². The van der Waals surface area contributed by atoms with Crippen molar-refractivity contribution in [3.63, 3.8) is 0 Å². The molecule has 0 unspecified atom stereocenters. The van der Waals surface area contributed by atoms with Crippen LogP contribution in [0.1, 0.15) is 19.5 Å². The number of fused-ring (bicyclic) bond motifs is 1. The van der Waals surface area contributed by atoms with E-state index in [1.165, 1.54) is 0 Å². The first kappa shape index (κ1) is 20.1. The van der Waals surface area contributed by atoms with Gasteiger partial charge in [0.05, 0.1) is 22.5 Å². The van der Waals surface area contributed by atoms with Gasteiger partial charge in [0.1, 0.15) is 6.54 Å². The van der Waals surface area contributed by atoms with Crippen LogP contribution in [-0.2, 0) is 11.3 Å². The van der Waals surface area contributed by atoms with Gasteiger partial charge in [-0.25, -0.2) is 9.48 Å². The summed E-state index contributed by atoms with van der Waals surface area (Å²) in [5, 5.41) is 13.7. The number of aromatic nitrogens is 2. The molecule has 3 aromatic rings. The number of hydrogen-bond donors (Lipinski definition) is 3. The van der Waals surface area contributed by atoms with Crippen LogP contribution in [0.5, 0.6) is 0 Å². The van der Waals surface area contributed by atoms with Crippen LogP contribution in [0.2, 0.25) is 0 Å². The number of urea groups is 1. The highest BCUT2D eigenvalue weighted by Gasteiger charge is 2.13. The van der Waals surface area contributed by atoms with E-state index in [0.29, 0.717) is 22.5 Å². The van der Waals surface area contributed by atoms with E-state index in [0.717, 1.165) is 10.1 Å². The van der Waals surface area contributed by atoms with Gasteiger partial charge in [0.15, 0.2) is 0 Å². The lowest BCUT2D eigenvalue weighted by Gasteiger charge is -2.14. The summed E-state index contributed by atoms with van der Waals surface area (Å²) in [6.07, 6.45) is 0.